The van der Waals surface area contributed by atoms with E-state index in [0.29, 0.717) is 0 Å². The minimum Gasteiger partial charge on any atom is -0.243 e. The van der Waals surface area contributed by atoms with Crippen molar-refractivity contribution < 1.29 is 4.63 Å². The van der Waals surface area contributed by atoms with Crippen LogP contribution in [0.25, 0.3) is 11.0 Å². The van der Waals surface area contributed by atoms with Crippen LogP contribution in [0.5, 0.6) is 0 Å². The monoisotopic (exact) mass is 246 g/mol. The van der Waals surface area contributed by atoms with Gasteiger partial charge in [0.25, 0.3) is 0 Å². The van der Waals surface area contributed by atoms with Crippen LogP contribution in [0.1, 0.15) is 0 Å². The van der Waals surface area contributed by atoms with Crippen molar-refractivity contribution in [2.24, 2.45) is 0 Å². The van der Waals surface area contributed by atoms with Gasteiger partial charge < -0.3 is 0 Å². The van der Waals surface area contributed by atoms with Crippen LogP contribution in [0, 0.1) is 3.57 Å². The van der Waals surface area contributed by atoms with Crippen LogP contribution < -0.4 is 0 Å². The molecule has 2 rings (SSSR count). The van der Waals surface area contributed by atoms with Crippen molar-refractivity contribution >= 4 is 33.6 Å². The summed E-state index contributed by atoms with van der Waals surface area (Å²) in [5.74, 6) is 0. The molecule has 0 atom stereocenters. The highest BCUT2D eigenvalue weighted by atomic mass is 127. The third kappa shape index (κ3) is 0.792. The maximum Gasteiger partial charge on any atom is 0.148 e. The van der Waals surface area contributed by atoms with Crippen molar-refractivity contribution in [3.05, 3.63) is 21.8 Å². The normalized spacial score (nSPS) is 10.5. The van der Waals surface area contributed by atoms with E-state index in [9.17, 15) is 0 Å². The lowest BCUT2D eigenvalue weighted by Gasteiger charge is -1.84. The molecule has 0 N–H and O–H groups in total. The Morgan fingerprint density at radius 2 is 2.20 bits per heavy atom. The molecule has 0 saturated heterocycles. The minimum atomic E-state index is 0.812. The Labute approximate surface area is 70.5 Å². The molecule has 50 valence electrons. The zero-order chi connectivity index (χ0) is 6.97. The Morgan fingerprint density at radius 3 is 3.00 bits per heavy atom. The summed E-state index contributed by atoms with van der Waals surface area (Å²) < 4.78 is 5.61. The van der Waals surface area contributed by atoms with Crippen molar-refractivity contribution in [2.45, 2.75) is 0 Å². The average molecular weight is 246 g/mol. The first-order valence-corrected chi connectivity index (χ1v) is 3.82. The molecule has 1 heterocycles. The van der Waals surface area contributed by atoms with Crippen molar-refractivity contribution in [1.82, 2.24) is 10.3 Å². The molecule has 0 bridgehead atoms. The molecule has 1 aromatic heterocycles. The van der Waals surface area contributed by atoms with Gasteiger partial charge in [0.1, 0.15) is 11.0 Å². The van der Waals surface area contributed by atoms with Crippen molar-refractivity contribution in [3.8, 4) is 0 Å². The van der Waals surface area contributed by atoms with E-state index in [-0.39, 0.29) is 0 Å². The van der Waals surface area contributed by atoms with Crippen molar-refractivity contribution in [3.63, 3.8) is 0 Å². The van der Waals surface area contributed by atoms with Crippen LogP contribution >= 0.6 is 22.6 Å². The molecule has 4 heteroatoms. The first-order valence-electron chi connectivity index (χ1n) is 2.75. The molecular formula is C6H3IN2O. The van der Waals surface area contributed by atoms with Gasteiger partial charge in [-0.05, 0) is 45.0 Å². The Hall–Kier alpha value is -0.650. The molecule has 0 aliphatic rings. The Morgan fingerprint density at radius 1 is 1.30 bits per heavy atom. The number of hydrogen-bond donors (Lipinski definition) is 0. The Bertz CT molecular complexity index is 357. The van der Waals surface area contributed by atoms with Crippen LogP contribution in [0.2, 0.25) is 0 Å². The van der Waals surface area contributed by atoms with Crippen LogP contribution in [0.15, 0.2) is 22.8 Å². The number of halogens is 1. The molecule has 0 aliphatic heterocycles. The fourth-order valence-corrected chi connectivity index (χ4v) is 1.36. The Kier molecular flexibility index (Phi) is 1.33. The fraction of sp³-hybridized carbons (Fsp3) is 0. The summed E-state index contributed by atoms with van der Waals surface area (Å²) in [6.07, 6.45) is 0. The van der Waals surface area contributed by atoms with E-state index in [4.69, 9.17) is 0 Å². The van der Waals surface area contributed by atoms with Crippen LogP contribution in [0.3, 0.4) is 0 Å². The van der Waals surface area contributed by atoms with Gasteiger partial charge >= 0.3 is 0 Å². The van der Waals surface area contributed by atoms with Gasteiger partial charge in [0.05, 0.1) is 0 Å². The predicted octanol–water partition coefficient (Wildman–Crippen LogP) is 1.83. The third-order valence-electron chi connectivity index (χ3n) is 1.24. The fourth-order valence-electron chi connectivity index (χ4n) is 0.773. The summed E-state index contributed by atoms with van der Waals surface area (Å²) in [4.78, 5) is 0. The lowest BCUT2D eigenvalue weighted by atomic mass is 10.3. The maximum atomic E-state index is 4.54. The van der Waals surface area contributed by atoms with E-state index < -0.39 is 0 Å². The number of hydrogen-bond acceptors (Lipinski definition) is 3. The molecule has 2 aromatic rings. The smallest absolute Gasteiger partial charge is 0.148 e. The summed E-state index contributed by atoms with van der Waals surface area (Å²) >= 11 is 2.19. The quantitative estimate of drug-likeness (QED) is 0.665. The predicted molar refractivity (Wildman–Crippen MR) is 44.5 cm³/mol. The van der Waals surface area contributed by atoms with E-state index in [1.807, 2.05) is 18.2 Å². The van der Waals surface area contributed by atoms with Gasteiger partial charge in [-0.25, -0.2) is 4.63 Å². The molecule has 0 unspecified atom stereocenters. The molecule has 0 amide bonds. The number of fused-ring (bicyclic) bond motifs is 1. The van der Waals surface area contributed by atoms with Gasteiger partial charge in [0.2, 0.25) is 0 Å². The molecule has 0 saturated carbocycles. The van der Waals surface area contributed by atoms with Gasteiger partial charge in [-0.3, -0.25) is 0 Å². The third-order valence-corrected chi connectivity index (χ3v) is 2.11. The second-order valence-corrected chi connectivity index (χ2v) is 3.03. The molecule has 0 aliphatic carbocycles. The molecule has 0 radical (unpaired) electrons. The van der Waals surface area contributed by atoms with Gasteiger partial charge in [0.15, 0.2) is 0 Å². The summed E-state index contributed by atoms with van der Waals surface area (Å²) in [5.41, 5.74) is 1.65. The average Bonchev–Trinajstić information content (AvgIpc) is 2.36. The highest BCUT2D eigenvalue weighted by Crippen LogP contribution is 2.15. The SMILES string of the molecule is Ic1cccc2nonc12. The summed E-state index contributed by atoms with van der Waals surface area (Å²) in [7, 11) is 0. The highest BCUT2D eigenvalue weighted by molar-refractivity contribution is 14.1. The zero-order valence-corrected chi connectivity index (χ0v) is 7.07. The van der Waals surface area contributed by atoms with Gasteiger partial charge in [-0.1, -0.05) is 6.07 Å². The number of nitrogens with zero attached hydrogens (tertiary/aromatic N) is 2. The van der Waals surface area contributed by atoms with Crippen LogP contribution in [0.4, 0.5) is 0 Å². The van der Waals surface area contributed by atoms with E-state index in [0.717, 1.165) is 14.6 Å². The largest absolute Gasteiger partial charge is 0.243 e. The first kappa shape index (κ1) is 6.09. The number of benzene rings is 1. The lowest BCUT2D eigenvalue weighted by Crippen LogP contribution is -1.72. The molecule has 10 heavy (non-hydrogen) atoms. The van der Waals surface area contributed by atoms with Crippen molar-refractivity contribution in [2.75, 3.05) is 0 Å². The lowest BCUT2D eigenvalue weighted by molar-refractivity contribution is 0.315. The maximum absolute atomic E-state index is 4.54. The van der Waals surface area contributed by atoms with E-state index in [1.54, 1.807) is 0 Å². The van der Waals surface area contributed by atoms with Gasteiger partial charge in [-0.2, -0.15) is 0 Å². The van der Waals surface area contributed by atoms with Crippen molar-refractivity contribution in [1.29, 1.82) is 0 Å². The number of aromatic nitrogens is 2. The second kappa shape index (κ2) is 2.19. The highest BCUT2D eigenvalue weighted by Gasteiger charge is 2.01. The second-order valence-electron chi connectivity index (χ2n) is 1.87. The molecule has 3 nitrogen and oxygen atoms in total. The topological polar surface area (TPSA) is 38.9 Å². The van der Waals surface area contributed by atoms with E-state index in [1.165, 1.54) is 0 Å². The standard InChI is InChI=1S/C6H3IN2O/c7-4-2-1-3-5-6(4)9-10-8-5/h1-3H. The molecule has 0 fully saturated rings. The molecule has 0 spiro atoms. The Balaban J connectivity index is 2.95. The molecule has 1 aromatic carbocycles. The van der Waals surface area contributed by atoms with Crippen LogP contribution in [-0.2, 0) is 0 Å². The first-order chi connectivity index (χ1) is 4.88. The van der Waals surface area contributed by atoms with Crippen LogP contribution in [-0.4, -0.2) is 10.3 Å². The minimum absolute atomic E-state index is 0.812. The van der Waals surface area contributed by atoms with E-state index in [2.05, 4.69) is 37.5 Å². The zero-order valence-electron chi connectivity index (χ0n) is 4.91. The summed E-state index contributed by atoms with van der Waals surface area (Å²) in [5, 5.41) is 7.41. The summed E-state index contributed by atoms with van der Waals surface area (Å²) in [6.45, 7) is 0. The van der Waals surface area contributed by atoms with Gasteiger partial charge in [0, 0.05) is 3.57 Å². The summed E-state index contributed by atoms with van der Waals surface area (Å²) in [6, 6.07) is 5.76. The van der Waals surface area contributed by atoms with Gasteiger partial charge in [-0.15, -0.1) is 0 Å². The van der Waals surface area contributed by atoms with E-state index >= 15 is 0 Å². The number of rotatable bonds is 0. The molecular weight excluding hydrogens is 243 g/mol.